The van der Waals surface area contributed by atoms with Gasteiger partial charge < -0.3 is 5.32 Å². The average molecular weight is 243 g/mol. The second kappa shape index (κ2) is 5.58. The van der Waals surface area contributed by atoms with Gasteiger partial charge in [0.2, 0.25) is 0 Å². The van der Waals surface area contributed by atoms with Crippen LogP contribution in [0.4, 0.5) is 0 Å². The topological polar surface area (TPSA) is 48.7 Å². The summed E-state index contributed by atoms with van der Waals surface area (Å²) in [6.45, 7) is 2.78. The SMILES string of the molecule is C[C@H](NCc1cccnc1C#N)c1cccs1. The minimum absolute atomic E-state index is 0.293. The van der Waals surface area contributed by atoms with Gasteiger partial charge in [-0.3, -0.25) is 0 Å². The van der Waals surface area contributed by atoms with Crippen molar-refractivity contribution in [3.63, 3.8) is 0 Å². The molecule has 2 aromatic heterocycles. The van der Waals surface area contributed by atoms with Crippen LogP contribution in [0.25, 0.3) is 0 Å². The van der Waals surface area contributed by atoms with Crippen molar-refractivity contribution in [1.82, 2.24) is 10.3 Å². The van der Waals surface area contributed by atoms with Crippen LogP contribution in [0.1, 0.15) is 29.1 Å². The van der Waals surface area contributed by atoms with Crippen molar-refractivity contribution in [2.75, 3.05) is 0 Å². The highest BCUT2D eigenvalue weighted by Gasteiger charge is 2.07. The van der Waals surface area contributed by atoms with E-state index in [1.54, 1.807) is 17.5 Å². The number of thiophene rings is 1. The van der Waals surface area contributed by atoms with Crippen molar-refractivity contribution in [3.05, 3.63) is 52.0 Å². The minimum Gasteiger partial charge on any atom is -0.305 e. The Kier molecular flexibility index (Phi) is 3.86. The van der Waals surface area contributed by atoms with E-state index in [0.717, 1.165) is 5.56 Å². The Morgan fingerprint density at radius 1 is 1.47 bits per heavy atom. The summed E-state index contributed by atoms with van der Waals surface area (Å²) in [5, 5.41) is 14.4. The molecule has 1 atom stereocenters. The van der Waals surface area contributed by atoms with Crippen LogP contribution < -0.4 is 5.32 Å². The first-order valence-corrected chi connectivity index (χ1v) is 6.30. The fourth-order valence-corrected chi connectivity index (χ4v) is 2.34. The quantitative estimate of drug-likeness (QED) is 0.898. The van der Waals surface area contributed by atoms with Gasteiger partial charge in [0, 0.05) is 29.2 Å². The van der Waals surface area contributed by atoms with Crippen molar-refractivity contribution in [2.45, 2.75) is 19.5 Å². The highest BCUT2D eigenvalue weighted by molar-refractivity contribution is 7.10. The first-order chi connectivity index (χ1) is 8.31. The monoisotopic (exact) mass is 243 g/mol. The predicted molar refractivity (Wildman–Crippen MR) is 68.5 cm³/mol. The van der Waals surface area contributed by atoms with Crippen molar-refractivity contribution >= 4 is 11.3 Å². The number of hydrogen-bond donors (Lipinski definition) is 1. The number of rotatable bonds is 4. The fourth-order valence-electron chi connectivity index (χ4n) is 1.58. The van der Waals surface area contributed by atoms with Crippen LogP contribution in [0.2, 0.25) is 0 Å². The van der Waals surface area contributed by atoms with Crippen LogP contribution in [0.15, 0.2) is 35.8 Å². The highest BCUT2D eigenvalue weighted by Crippen LogP contribution is 2.18. The number of pyridine rings is 1. The van der Waals surface area contributed by atoms with Crippen LogP contribution in [-0.4, -0.2) is 4.98 Å². The molecule has 86 valence electrons. The number of nitriles is 1. The third-order valence-corrected chi connectivity index (χ3v) is 3.62. The second-order valence-electron chi connectivity index (χ2n) is 3.74. The molecule has 4 heteroatoms. The van der Waals surface area contributed by atoms with E-state index in [-0.39, 0.29) is 0 Å². The maximum absolute atomic E-state index is 8.93. The zero-order valence-electron chi connectivity index (χ0n) is 9.55. The smallest absolute Gasteiger partial charge is 0.144 e. The molecular formula is C13H13N3S. The summed E-state index contributed by atoms with van der Waals surface area (Å²) >= 11 is 1.73. The van der Waals surface area contributed by atoms with Crippen LogP contribution in [0.5, 0.6) is 0 Å². The lowest BCUT2D eigenvalue weighted by Crippen LogP contribution is -2.18. The molecule has 0 radical (unpaired) electrons. The van der Waals surface area contributed by atoms with Crippen molar-refractivity contribution < 1.29 is 0 Å². The lowest BCUT2D eigenvalue weighted by molar-refractivity contribution is 0.581. The first kappa shape index (κ1) is 11.8. The molecule has 0 aliphatic carbocycles. The van der Waals surface area contributed by atoms with Gasteiger partial charge >= 0.3 is 0 Å². The summed E-state index contributed by atoms with van der Waals surface area (Å²) in [6, 6.07) is 10.3. The van der Waals surface area contributed by atoms with E-state index in [1.165, 1.54) is 4.88 Å². The lowest BCUT2D eigenvalue weighted by atomic mass is 10.2. The molecule has 0 bridgehead atoms. The van der Waals surface area contributed by atoms with Gasteiger partial charge in [-0.25, -0.2) is 4.98 Å². The van der Waals surface area contributed by atoms with Gasteiger partial charge in [-0.15, -0.1) is 11.3 Å². The summed E-state index contributed by atoms with van der Waals surface area (Å²) in [7, 11) is 0. The molecule has 17 heavy (non-hydrogen) atoms. The van der Waals surface area contributed by atoms with Crippen molar-refractivity contribution in [1.29, 1.82) is 5.26 Å². The molecule has 0 amide bonds. The van der Waals surface area contributed by atoms with Crippen LogP contribution >= 0.6 is 11.3 Å². The Balaban J connectivity index is 2.01. The lowest BCUT2D eigenvalue weighted by Gasteiger charge is -2.12. The molecule has 1 N–H and O–H groups in total. The van der Waals surface area contributed by atoms with Gasteiger partial charge in [0.1, 0.15) is 11.8 Å². The van der Waals surface area contributed by atoms with E-state index < -0.39 is 0 Å². The molecule has 0 aliphatic rings. The fraction of sp³-hybridized carbons (Fsp3) is 0.231. The predicted octanol–water partition coefficient (Wildman–Crippen LogP) is 2.87. The first-order valence-electron chi connectivity index (χ1n) is 5.42. The van der Waals surface area contributed by atoms with Gasteiger partial charge in [-0.05, 0) is 24.4 Å². The maximum Gasteiger partial charge on any atom is 0.144 e. The standard InChI is InChI=1S/C13H13N3S/c1-10(13-5-3-7-17-13)16-9-11-4-2-6-15-12(11)8-14/h2-7,10,16H,9H2,1H3/t10-/m0/s1. The molecule has 2 heterocycles. The summed E-state index contributed by atoms with van der Waals surface area (Å²) < 4.78 is 0. The second-order valence-corrected chi connectivity index (χ2v) is 4.72. The zero-order valence-corrected chi connectivity index (χ0v) is 10.4. The van der Waals surface area contributed by atoms with E-state index in [4.69, 9.17) is 5.26 Å². The van der Waals surface area contributed by atoms with Gasteiger partial charge in [-0.1, -0.05) is 12.1 Å². The van der Waals surface area contributed by atoms with E-state index >= 15 is 0 Å². The molecule has 0 aliphatic heterocycles. The summed E-state index contributed by atoms with van der Waals surface area (Å²) in [6.07, 6.45) is 1.64. The largest absolute Gasteiger partial charge is 0.305 e. The van der Waals surface area contributed by atoms with Crippen LogP contribution in [-0.2, 0) is 6.54 Å². The van der Waals surface area contributed by atoms with E-state index in [1.807, 2.05) is 18.2 Å². The van der Waals surface area contributed by atoms with Crippen LogP contribution in [0.3, 0.4) is 0 Å². The maximum atomic E-state index is 8.93. The highest BCUT2D eigenvalue weighted by atomic mass is 32.1. The molecule has 0 aromatic carbocycles. The number of aromatic nitrogens is 1. The number of hydrogen-bond acceptors (Lipinski definition) is 4. The number of nitrogens with one attached hydrogen (secondary N) is 1. The molecule has 0 saturated carbocycles. The van der Waals surface area contributed by atoms with Gasteiger partial charge in [0.05, 0.1) is 0 Å². The molecule has 3 nitrogen and oxygen atoms in total. The summed E-state index contributed by atoms with van der Waals surface area (Å²) in [4.78, 5) is 5.34. The van der Waals surface area contributed by atoms with Gasteiger partial charge in [-0.2, -0.15) is 5.26 Å². The Labute approximate surface area is 105 Å². The molecule has 0 fully saturated rings. The zero-order chi connectivity index (χ0) is 12.1. The third-order valence-electron chi connectivity index (χ3n) is 2.57. The van der Waals surface area contributed by atoms with E-state index in [2.05, 4.69) is 34.7 Å². The molecule has 0 saturated heterocycles. The Morgan fingerprint density at radius 3 is 3.06 bits per heavy atom. The van der Waals surface area contributed by atoms with Gasteiger partial charge in [0.25, 0.3) is 0 Å². The molecule has 0 spiro atoms. The molecule has 0 unspecified atom stereocenters. The molecule has 2 rings (SSSR count). The summed E-state index contributed by atoms with van der Waals surface area (Å²) in [5.41, 5.74) is 1.44. The Morgan fingerprint density at radius 2 is 2.35 bits per heavy atom. The number of nitrogens with zero attached hydrogens (tertiary/aromatic N) is 2. The van der Waals surface area contributed by atoms with E-state index in [0.29, 0.717) is 18.3 Å². The molecular weight excluding hydrogens is 230 g/mol. The Hall–Kier alpha value is -1.70. The Bertz CT molecular complexity index is 514. The third kappa shape index (κ3) is 2.90. The summed E-state index contributed by atoms with van der Waals surface area (Å²) in [5.74, 6) is 0. The normalized spacial score (nSPS) is 12.0. The molecule has 2 aromatic rings. The average Bonchev–Trinajstić information content (AvgIpc) is 2.90. The minimum atomic E-state index is 0.293. The van der Waals surface area contributed by atoms with Crippen LogP contribution in [0, 0.1) is 11.3 Å². The van der Waals surface area contributed by atoms with E-state index in [9.17, 15) is 0 Å². The van der Waals surface area contributed by atoms with Crippen molar-refractivity contribution in [2.24, 2.45) is 0 Å². The van der Waals surface area contributed by atoms with Gasteiger partial charge in [0.15, 0.2) is 0 Å². The van der Waals surface area contributed by atoms with Crippen molar-refractivity contribution in [3.8, 4) is 6.07 Å².